The van der Waals surface area contributed by atoms with Crippen molar-refractivity contribution in [1.82, 2.24) is 5.32 Å². The molecule has 5 nitrogen and oxygen atoms in total. The normalized spacial score (nSPS) is 12.1. The molecule has 1 atom stereocenters. The van der Waals surface area contributed by atoms with Gasteiger partial charge in [0.2, 0.25) is 0 Å². The molecular weight excluding hydrogens is 251 g/mol. The minimum absolute atomic E-state index is 0.0490. The summed E-state index contributed by atoms with van der Waals surface area (Å²) < 4.78 is 13.5. The van der Waals surface area contributed by atoms with Crippen LogP contribution in [-0.2, 0) is 4.79 Å². The van der Waals surface area contributed by atoms with Crippen molar-refractivity contribution < 1.29 is 19.1 Å². The summed E-state index contributed by atoms with van der Waals surface area (Å²) in [5, 5.41) is 13.6. The van der Waals surface area contributed by atoms with Gasteiger partial charge in [-0.3, -0.25) is 0 Å². The number of urea groups is 1. The minimum Gasteiger partial charge on any atom is -0.480 e. The lowest BCUT2D eigenvalue weighted by Gasteiger charge is -2.18. The quantitative estimate of drug-likeness (QED) is 0.784. The highest BCUT2D eigenvalue weighted by molar-refractivity contribution is 5.93. The Hall–Kier alpha value is -2.11. The third kappa shape index (κ3) is 3.94. The van der Waals surface area contributed by atoms with Crippen LogP contribution >= 0.6 is 0 Å². The molecule has 0 aromatic heterocycles. The number of hydrogen-bond acceptors (Lipinski definition) is 2. The molecule has 1 unspecified atom stereocenters. The van der Waals surface area contributed by atoms with Crippen molar-refractivity contribution in [1.29, 1.82) is 0 Å². The van der Waals surface area contributed by atoms with Gasteiger partial charge in [0.05, 0.1) is 5.69 Å². The number of carbonyl (C=O) groups excluding carboxylic acids is 1. The van der Waals surface area contributed by atoms with E-state index in [0.29, 0.717) is 5.56 Å². The van der Waals surface area contributed by atoms with Crippen molar-refractivity contribution >= 4 is 17.7 Å². The molecule has 2 amide bonds. The molecule has 1 aromatic rings. The third-order valence-corrected chi connectivity index (χ3v) is 2.68. The fourth-order valence-electron chi connectivity index (χ4n) is 1.59. The van der Waals surface area contributed by atoms with Crippen LogP contribution in [0.2, 0.25) is 0 Å². The van der Waals surface area contributed by atoms with Gasteiger partial charge in [-0.1, -0.05) is 26.0 Å². The average molecular weight is 268 g/mol. The summed E-state index contributed by atoms with van der Waals surface area (Å²) in [5.41, 5.74) is 0.611. The van der Waals surface area contributed by atoms with Crippen LogP contribution in [-0.4, -0.2) is 23.1 Å². The highest BCUT2D eigenvalue weighted by Gasteiger charge is 2.23. The number of rotatable bonds is 4. The van der Waals surface area contributed by atoms with Crippen LogP contribution in [0.3, 0.4) is 0 Å². The molecular formula is C13H17FN2O3. The number of aryl methyl sites for hydroxylation is 1. The maximum atomic E-state index is 13.5. The molecule has 0 heterocycles. The summed E-state index contributed by atoms with van der Waals surface area (Å²) in [5.74, 6) is -1.97. The van der Waals surface area contributed by atoms with Gasteiger partial charge in [0.25, 0.3) is 0 Å². The summed E-state index contributed by atoms with van der Waals surface area (Å²) in [7, 11) is 0. The molecule has 0 saturated carbocycles. The number of carboxylic acids is 1. The molecule has 6 heteroatoms. The lowest BCUT2D eigenvalue weighted by Crippen LogP contribution is -2.46. The molecule has 0 radical (unpaired) electrons. The zero-order chi connectivity index (χ0) is 14.6. The number of amides is 2. The fourth-order valence-corrected chi connectivity index (χ4v) is 1.59. The molecule has 0 aliphatic heterocycles. The van der Waals surface area contributed by atoms with E-state index in [1.54, 1.807) is 26.8 Å². The van der Waals surface area contributed by atoms with Gasteiger partial charge in [-0.15, -0.1) is 0 Å². The summed E-state index contributed by atoms with van der Waals surface area (Å²) >= 11 is 0. The maximum Gasteiger partial charge on any atom is 0.326 e. The van der Waals surface area contributed by atoms with E-state index in [-0.39, 0.29) is 11.6 Å². The molecule has 3 N–H and O–H groups in total. The van der Waals surface area contributed by atoms with Crippen molar-refractivity contribution in [2.75, 3.05) is 5.32 Å². The first-order valence-electron chi connectivity index (χ1n) is 5.88. The van der Waals surface area contributed by atoms with E-state index in [1.807, 2.05) is 0 Å². The van der Waals surface area contributed by atoms with E-state index >= 15 is 0 Å². The van der Waals surface area contributed by atoms with Gasteiger partial charge >= 0.3 is 12.0 Å². The lowest BCUT2D eigenvalue weighted by atomic mass is 10.1. The summed E-state index contributed by atoms with van der Waals surface area (Å²) in [6.45, 7) is 5.00. The predicted octanol–water partition coefficient (Wildman–Crippen LogP) is 2.36. The number of aliphatic carboxylic acids is 1. The molecule has 1 aromatic carbocycles. The van der Waals surface area contributed by atoms with Crippen molar-refractivity contribution in [3.8, 4) is 0 Å². The SMILES string of the molecule is Cc1cccc(F)c1NC(=O)NC(C(=O)O)C(C)C. The molecule has 0 saturated heterocycles. The number of anilines is 1. The number of benzene rings is 1. The average Bonchev–Trinajstić information content (AvgIpc) is 2.30. The molecule has 1 rings (SSSR count). The van der Waals surface area contributed by atoms with E-state index in [0.717, 1.165) is 0 Å². The first kappa shape index (κ1) is 14.9. The van der Waals surface area contributed by atoms with Crippen LogP contribution in [0.1, 0.15) is 19.4 Å². The Kier molecular flexibility index (Phi) is 4.86. The molecule has 104 valence electrons. The number of para-hydroxylation sites is 1. The number of carboxylic acid groups (broad SMARTS) is 1. The molecule has 0 fully saturated rings. The Bertz CT molecular complexity index is 469. The maximum absolute atomic E-state index is 13.5. The third-order valence-electron chi connectivity index (χ3n) is 2.68. The van der Waals surface area contributed by atoms with Crippen molar-refractivity contribution in [2.24, 2.45) is 5.92 Å². The van der Waals surface area contributed by atoms with E-state index < -0.39 is 23.9 Å². The number of nitrogens with one attached hydrogen (secondary N) is 2. The van der Waals surface area contributed by atoms with Crippen LogP contribution in [0.15, 0.2) is 18.2 Å². The minimum atomic E-state index is -1.13. The largest absolute Gasteiger partial charge is 0.480 e. The first-order valence-corrected chi connectivity index (χ1v) is 5.88. The Morgan fingerprint density at radius 1 is 1.32 bits per heavy atom. The number of carbonyl (C=O) groups is 2. The number of halogens is 1. The van der Waals surface area contributed by atoms with Gasteiger partial charge in [0, 0.05) is 0 Å². The van der Waals surface area contributed by atoms with Gasteiger partial charge < -0.3 is 15.7 Å². The Morgan fingerprint density at radius 2 is 1.95 bits per heavy atom. The van der Waals surface area contributed by atoms with Gasteiger partial charge in [-0.25, -0.2) is 14.0 Å². The molecule has 0 aliphatic rings. The zero-order valence-corrected chi connectivity index (χ0v) is 11.0. The summed E-state index contributed by atoms with van der Waals surface area (Å²) in [6.07, 6.45) is 0. The van der Waals surface area contributed by atoms with Crippen LogP contribution in [0.4, 0.5) is 14.9 Å². The molecule has 0 spiro atoms. The summed E-state index contributed by atoms with van der Waals surface area (Å²) in [4.78, 5) is 22.6. The zero-order valence-electron chi connectivity index (χ0n) is 11.0. The standard InChI is InChI=1S/C13H17FN2O3/c1-7(2)10(12(17)18)15-13(19)16-11-8(3)5-4-6-9(11)14/h4-7,10H,1-3H3,(H,17,18)(H2,15,16,19). The van der Waals surface area contributed by atoms with Crippen molar-refractivity contribution in [2.45, 2.75) is 26.8 Å². The first-order chi connectivity index (χ1) is 8.82. The van der Waals surface area contributed by atoms with Crippen LogP contribution in [0.5, 0.6) is 0 Å². The highest BCUT2D eigenvalue weighted by atomic mass is 19.1. The Balaban J connectivity index is 2.78. The molecule has 19 heavy (non-hydrogen) atoms. The second-order valence-electron chi connectivity index (χ2n) is 4.59. The van der Waals surface area contributed by atoms with Crippen LogP contribution in [0, 0.1) is 18.7 Å². The van der Waals surface area contributed by atoms with E-state index in [4.69, 9.17) is 5.11 Å². The van der Waals surface area contributed by atoms with Gasteiger partial charge in [0.15, 0.2) is 0 Å². The lowest BCUT2D eigenvalue weighted by molar-refractivity contribution is -0.140. The Labute approximate surface area is 110 Å². The van der Waals surface area contributed by atoms with Crippen LogP contribution in [0.25, 0.3) is 0 Å². The second kappa shape index (κ2) is 6.17. The smallest absolute Gasteiger partial charge is 0.326 e. The monoisotopic (exact) mass is 268 g/mol. The van der Waals surface area contributed by atoms with Crippen molar-refractivity contribution in [3.63, 3.8) is 0 Å². The van der Waals surface area contributed by atoms with Crippen molar-refractivity contribution in [3.05, 3.63) is 29.6 Å². The van der Waals surface area contributed by atoms with Gasteiger partial charge in [0.1, 0.15) is 11.9 Å². The van der Waals surface area contributed by atoms with Gasteiger partial charge in [-0.2, -0.15) is 0 Å². The number of hydrogen-bond donors (Lipinski definition) is 3. The Morgan fingerprint density at radius 3 is 2.42 bits per heavy atom. The molecule has 0 aliphatic carbocycles. The van der Waals surface area contributed by atoms with E-state index in [9.17, 15) is 14.0 Å². The van der Waals surface area contributed by atoms with E-state index in [1.165, 1.54) is 12.1 Å². The van der Waals surface area contributed by atoms with E-state index in [2.05, 4.69) is 10.6 Å². The summed E-state index contributed by atoms with van der Waals surface area (Å²) in [6, 6.07) is 2.64. The predicted molar refractivity (Wildman–Crippen MR) is 69.6 cm³/mol. The van der Waals surface area contributed by atoms with Crippen LogP contribution < -0.4 is 10.6 Å². The fraction of sp³-hybridized carbons (Fsp3) is 0.385. The second-order valence-corrected chi connectivity index (χ2v) is 4.59. The topological polar surface area (TPSA) is 78.4 Å². The molecule has 0 bridgehead atoms. The van der Waals surface area contributed by atoms with Gasteiger partial charge in [-0.05, 0) is 24.5 Å². The highest BCUT2D eigenvalue weighted by Crippen LogP contribution is 2.18.